The van der Waals surface area contributed by atoms with Gasteiger partial charge in [-0.25, -0.2) is 9.59 Å². The molecule has 1 aliphatic rings. The van der Waals surface area contributed by atoms with Crippen LogP contribution in [0.15, 0.2) is 12.7 Å². The molecule has 0 radical (unpaired) electrons. The lowest BCUT2D eigenvalue weighted by atomic mass is 10.00. The maximum absolute atomic E-state index is 11.5. The SMILES string of the molecule is C=CC(=O)OC1(C)CCCCOC1=O. The Morgan fingerprint density at radius 2 is 2.36 bits per heavy atom. The van der Waals surface area contributed by atoms with Crippen LogP contribution in [0.25, 0.3) is 0 Å². The molecule has 0 aromatic rings. The average molecular weight is 198 g/mol. The lowest BCUT2D eigenvalue weighted by Crippen LogP contribution is -2.40. The normalized spacial score (nSPS) is 27.4. The highest BCUT2D eigenvalue weighted by Crippen LogP contribution is 2.24. The van der Waals surface area contributed by atoms with Crippen LogP contribution in [0, 0.1) is 0 Å². The molecule has 1 aliphatic heterocycles. The molecule has 0 aliphatic carbocycles. The van der Waals surface area contributed by atoms with Crippen molar-refractivity contribution in [2.45, 2.75) is 31.8 Å². The van der Waals surface area contributed by atoms with Crippen molar-refractivity contribution in [1.29, 1.82) is 0 Å². The number of carbonyl (C=O) groups excluding carboxylic acids is 2. The van der Waals surface area contributed by atoms with Gasteiger partial charge in [0.05, 0.1) is 6.61 Å². The molecule has 1 saturated heterocycles. The molecule has 0 amide bonds. The molecule has 1 atom stereocenters. The number of hydrogen-bond acceptors (Lipinski definition) is 4. The maximum atomic E-state index is 11.5. The van der Waals surface area contributed by atoms with Gasteiger partial charge >= 0.3 is 11.9 Å². The fourth-order valence-corrected chi connectivity index (χ4v) is 1.34. The Morgan fingerprint density at radius 3 is 3.00 bits per heavy atom. The van der Waals surface area contributed by atoms with Gasteiger partial charge in [0.2, 0.25) is 5.60 Å². The van der Waals surface area contributed by atoms with Gasteiger partial charge in [-0.1, -0.05) is 6.58 Å². The van der Waals surface area contributed by atoms with E-state index in [1.54, 1.807) is 6.92 Å². The van der Waals surface area contributed by atoms with Crippen LogP contribution >= 0.6 is 0 Å². The van der Waals surface area contributed by atoms with Gasteiger partial charge < -0.3 is 9.47 Å². The molecule has 0 bridgehead atoms. The van der Waals surface area contributed by atoms with Gasteiger partial charge in [-0.05, 0) is 26.2 Å². The highest BCUT2D eigenvalue weighted by molar-refractivity contribution is 5.87. The minimum absolute atomic E-state index is 0.403. The minimum Gasteiger partial charge on any atom is -0.463 e. The van der Waals surface area contributed by atoms with Crippen molar-refractivity contribution in [1.82, 2.24) is 0 Å². The minimum atomic E-state index is -1.14. The largest absolute Gasteiger partial charge is 0.463 e. The highest BCUT2D eigenvalue weighted by Gasteiger charge is 2.39. The van der Waals surface area contributed by atoms with E-state index in [0.717, 1.165) is 18.9 Å². The van der Waals surface area contributed by atoms with Gasteiger partial charge in [0.25, 0.3) is 0 Å². The number of esters is 2. The summed E-state index contributed by atoms with van der Waals surface area (Å²) in [6.45, 7) is 5.25. The number of carbonyl (C=O) groups is 2. The van der Waals surface area contributed by atoms with E-state index in [9.17, 15) is 9.59 Å². The zero-order chi connectivity index (χ0) is 10.6. The Morgan fingerprint density at radius 1 is 1.64 bits per heavy atom. The second kappa shape index (κ2) is 4.26. The smallest absolute Gasteiger partial charge is 0.350 e. The fourth-order valence-electron chi connectivity index (χ4n) is 1.34. The molecule has 0 aromatic heterocycles. The summed E-state index contributed by atoms with van der Waals surface area (Å²) in [5.74, 6) is -1.06. The predicted octanol–water partition coefficient (Wildman–Crippen LogP) is 1.20. The van der Waals surface area contributed by atoms with Gasteiger partial charge in [-0.15, -0.1) is 0 Å². The summed E-state index contributed by atoms with van der Waals surface area (Å²) >= 11 is 0. The zero-order valence-electron chi connectivity index (χ0n) is 8.25. The van der Waals surface area contributed by atoms with Crippen LogP contribution < -0.4 is 0 Å². The third-order valence-corrected chi connectivity index (χ3v) is 2.21. The van der Waals surface area contributed by atoms with Crippen molar-refractivity contribution in [3.05, 3.63) is 12.7 Å². The molecule has 1 heterocycles. The molecule has 0 spiro atoms. The summed E-state index contributed by atoms with van der Waals surface area (Å²) in [4.78, 5) is 22.4. The first-order chi connectivity index (χ1) is 6.58. The molecule has 0 N–H and O–H groups in total. The molecule has 4 heteroatoms. The van der Waals surface area contributed by atoms with E-state index in [2.05, 4.69) is 6.58 Å². The maximum Gasteiger partial charge on any atom is 0.350 e. The monoisotopic (exact) mass is 198 g/mol. The Labute approximate surface area is 82.9 Å². The third-order valence-electron chi connectivity index (χ3n) is 2.21. The van der Waals surface area contributed by atoms with Crippen molar-refractivity contribution in [2.75, 3.05) is 6.61 Å². The first-order valence-electron chi connectivity index (χ1n) is 4.61. The van der Waals surface area contributed by atoms with Crippen LogP contribution in [-0.4, -0.2) is 24.1 Å². The Balaban J connectivity index is 2.72. The summed E-state index contributed by atoms with van der Waals surface area (Å²) in [5, 5.41) is 0. The molecular formula is C10H14O4. The van der Waals surface area contributed by atoms with E-state index in [1.165, 1.54) is 0 Å². The highest BCUT2D eigenvalue weighted by atomic mass is 16.6. The van der Waals surface area contributed by atoms with Crippen LogP contribution in [0.2, 0.25) is 0 Å². The summed E-state index contributed by atoms with van der Waals surface area (Å²) in [5.41, 5.74) is -1.14. The topological polar surface area (TPSA) is 52.6 Å². The van der Waals surface area contributed by atoms with E-state index in [0.29, 0.717) is 13.0 Å². The Hall–Kier alpha value is -1.32. The lowest BCUT2D eigenvalue weighted by Gasteiger charge is -2.24. The second-order valence-corrected chi connectivity index (χ2v) is 3.45. The Kier molecular flexibility index (Phi) is 3.28. The van der Waals surface area contributed by atoms with Gasteiger partial charge in [0.15, 0.2) is 0 Å². The van der Waals surface area contributed by atoms with Crippen LogP contribution in [0.4, 0.5) is 0 Å². The van der Waals surface area contributed by atoms with Gasteiger partial charge in [-0.2, -0.15) is 0 Å². The van der Waals surface area contributed by atoms with E-state index < -0.39 is 17.5 Å². The van der Waals surface area contributed by atoms with E-state index in [1.807, 2.05) is 0 Å². The molecule has 78 valence electrons. The molecule has 4 nitrogen and oxygen atoms in total. The molecule has 0 aromatic carbocycles. The molecule has 1 fully saturated rings. The molecule has 0 saturated carbocycles. The van der Waals surface area contributed by atoms with Crippen molar-refractivity contribution in [2.24, 2.45) is 0 Å². The number of cyclic esters (lactones) is 1. The zero-order valence-corrected chi connectivity index (χ0v) is 8.25. The molecular weight excluding hydrogens is 184 g/mol. The molecule has 1 unspecified atom stereocenters. The van der Waals surface area contributed by atoms with E-state index in [-0.39, 0.29) is 0 Å². The van der Waals surface area contributed by atoms with Crippen molar-refractivity contribution in [3.63, 3.8) is 0 Å². The predicted molar refractivity (Wildman–Crippen MR) is 49.5 cm³/mol. The summed E-state index contributed by atoms with van der Waals surface area (Å²) in [6.07, 6.45) is 3.18. The Bertz CT molecular complexity index is 259. The quantitative estimate of drug-likeness (QED) is 0.494. The van der Waals surface area contributed by atoms with Crippen LogP contribution in [0.3, 0.4) is 0 Å². The van der Waals surface area contributed by atoms with Crippen LogP contribution in [0.1, 0.15) is 26.2 Å². The summed E-state index contributed by atoms with van der Waals surface area (Å²) in [6, 6.07) is 0. The van der Waals surface area contributed by atoms with Crippen molar-refractivity contribution in [3.8, 4) is 0 Å². The number of hydrogen-bond donors (Lipinski definition) is 0. The van der Waals surface area contributed by atoms with E-state index in [4.69, 9.17) is 9.47 Å². The van der Waals surface area contributed by atoms with Gasteiger partial charge in [0, 0.05) is 6.08 Å². The number of rotatable bonds is 2. The average Bonchev–Trinajstić information content (AvgIpc) is 2.30. The second-order valence-electron chi connectivity index (χ2n) is 3.45. The number of ether oxygens (including phenoxy) is 2. The fraction of sp³-hybridized carbons (Fsp3) is 0.600. The van der Waals surface area contributed by atoms with Gasteiger partial charge in [-0.3, -0.25) is 0 Å². The van der Waals surface area contributed by atoms with Crippen LogP contribution in [0.5, 0.6) is 0 Å². The van der Waals surface area contributed by atoms with E-state index >= 15 is 0 Å². The summed E-state index contributed by atoms with van der Waals surface area (Å²) in [7, 11) is 0. The first-order valence-corrected chi connectivity index (χ1v) is 4.61. The van der Waals surface area contributed by atoms with Crippen molar-refractivity contribution < 1.29 is 19.1 Å². The lowest BCUT2D eigenvalue weighted by molar-refractivity contribution is -0.176. The first kappa shape index (κ1) is 10.8. The summed E-state index contributed by atoms with van der Waals surface area (Å²) < 4.78 is 9.90. The molecule has 1 rings (SSSR count). The standard InChI is InChI=1S/C10H14O4/c1-3-8(11)14-10(2)6-4-5-7-13-9(10)12/h3H,1,4-7H2,2H3. The van der Waals surface area contributed by atoms with Gasteiger partial charge in [0.1, 0.15) is 0 Å². The van der Waals surface area contributed by atoms with Crippen LogP contribution in [-0.2, 0) is 19.1 Å². The third kappa shape index (κ3) is 2.34. The van der Waals surface area contributed by atoms with Crippen molar-refractivity contribution >= 4 is 11.9 Å². The molecule has 14 heavy (non-hydrogen) atoms.